The van der Waals surface area contributed by atoms with Crippen LogP contribution in [0.15, 0.2) is 45.4 Å². The molecule has 0 N–H and O–H groups in total. The van der Waals surface area contributed by atoms with E-state index in [0.29, 0.717) is 0 Å². The van der Waals surface area contributed by atoms with Gasteiger partial charge in [0, 0.05) is 22.3 Å². The lowest BCUT2D eigenvalue weighted by Gasteiger charge is -2.30. The van der Waals surface area contributed by atoms with Gasteiger partial charge in [0.05, 0.1) is 10.7 Å². The molecule has 0 amide bonds. The Labute approximate surface area is 133 Å². The number of aliphatic imine (C=N–C) groups is 1. The van der Waals surface area contributed by atoms with Gasteiger partial charge in [0.1, 0.15) is 5.82 Å². The Balaban J connectivity index is 1.86. The van der Waals surface area contributed by atoms with E-state index in [1.54, 1.807) is 6.07 Å². The third-order valence-electron chi connectivity index (χ3n) is 4.32. The van der Waals surface area contributed by atoms with Crippen molar-refractivity contribution in [3.8, 4) is 0 Å². The van der Waals surface area contributed by atoms with E-state index in [1.807, 2.05) is 17.8 Å². The van der Waals surface area contributed by atoms with Gasteiger partial charge < -0.3 is 0 Å². The van der Waals surface area contributed by atoms with E-state index in [2.05, 4.69) is 6.08 Å². The number of nitrogens with zero attached hydrogens (tertiary/aromatic N) is 1. The van der Waals surface area contributed by atoms with Gasteiger partial charge in [-0.2, -0.15) is 0 Å². The molecule has 0 fully saturated rings. The molecule has 2 heterocycles. The molecule has 1 aromatic carbocycles. The maximum atomic E-state index is 13.5. The summed E-state index contributed by atoms with van der Waals surface area (Å²) < 4.78 is 13.5. The topological polar surface area (TPSA) is 12.4 Å². The second kappa shape index (κ2) is 5.29. The lowest BCUT2D eigenvalue weighted by atomic mass is 9.80. The molecule has 0 saturated heterocycles. The lowest BCUT2D eigenvalue weighted by molar-refractivity contribution is 0.627. The van der Waals surface area contributed by atoms with E-state index in [4.69, 9.17) is 16.6 Å². The molecule has 1 unspecified atom stereocenters. The third kappa shape index (κ3) is 2.27. The summed E-state index contributed by atoms with van der Waals surface area (Å²) in [7, 11) is 0. The van der Waals surface area contributed by atoms with Gasteiger partial charge in [-0.15, -0.1) is 11.8 Å². The molecule has 4 rings (SSSR count). The van der Waals surface area contributed by atoms with Crippen molar-refractivity contribution in [3.05, 3.63) is 56.9 Å². The molecular weight excluding hydrogens is 305 g/mol. The fraction of sp³-hybridized carbons (Fsp3) is 0.353. The van der Waals surface area contributed by atoms with Crippen LogP contribution >= 0.6 is 23.4 Å². The summed E-state index contributed by atoms with van der Waals surface area (Å²) in [6, 6.07) is 5.13. The van der Waals surface area contributed by atoms with Crippen molar-refractivity contribution in [1.29, 1.82) is 0 Å². The van der Waals surface area contributed by atoms with E-state index in [-0.39, 0.29) is 16.8 Å². The minimum absolute atomic E-state index is 0.207. The maximum Gasteiger partial charge on any atom is 0.141 e. The number of hydrogen-bond donors (Lipinski definition) is 0. The Morgan fingerprint density at radius 1 is 1.29 bits per heavy atom. The monoisotopic (exact) mass is 319 g/mol. The SMILES string of the molecule is Fc1ccc(C2C3=CCCCC3=NC3=C2SCC3)cc1Cl. The zero-order valence-corrected chi connectivity index (χ0v) is 13.1. The van der Waals surface area contributed by atoms with E-state index < -0.39 is 0 Å². The van der Waals surface area contributed by atoms with Crippen LogP contribution in [0.2, 0.25) is 5.02 Å². The maximum absolute atomic E-state index is 13.5. The van der Waals surface area contributed by atoms with Gasteiger partial charge >= 0.3 is 0 Å². The molecule has 0 aromatic heterocycles. The first-order valence-corrected chi connectivity index (χ1v) is 8.69. The van der Waals surface area contributed by atoms with Crippen molar-refractivity contribution in [2.45, 2.75) is 31.6 Å². The molecule has 4 heteroatoms. The number of fused-ring (bicyclic) bond motifs is 1. The van der Waals surface area contributed by atoms with Crippen LogP contribution in [0, 0.1) is 5.82 Å². The summed E-state index contributed by atoms with van der Waals surface area (Å²) >= 11 is 7.89. The average molecular weight is 320 g/mol. The van der Waals surface area contributed by atoms with Gasteiger partial charge in [0.15, 0.2) is 0 Å². The van der Waals surface area contributed by atoms with Crippen LogP contribution < -0.4 is 0 Å². The third-order valence-corrected chi connectivity index (χ3v) is 5.80. The first-order chi connectivity index (χ1) is 10.2. The van der Waals surface area contributed by atoms with Crippen molar-refractivity contribution in [1.82, 2.24) is 0 Å². The Kier molecular flexibility index (Phi) is 3.43. The summed E-state index contributed by atoms with van der Waals surface area (Å²) in [4.78, 5) is 6.22. The van der Waals surface area contributed by atoms with Crippen molar-refractivity contribution in [2.75, 3.05) is 5.75 Å². The first kappa shape index (κ1) is 13.6. The largest absolute Gasteiger partial charge is 0.257 e. The molecular formula is C17H15ClFNS. The van der Waals surface area contributed by atoms with Crippen molar-refractivity contribution < 1.29 is 4.39 Å². The van der Waals surface area contributed by atoms with Crippen LogP contribution in [0.25, 0.3) is 0 Å². The fourth-order valence-electron chi connectivity index (χ4n) is 3.35. The second-order valence-corrected chi connectivity index (χ2v) is 7.17. The summed E-state index contributed by atoms with van der Waals surface area (Å²) in [6.45, 7) is 0. The zero-order chi connectivity index (χ0) is 14.4. The lowest BCUT2D eigenvalue weighted by Crippen LogP contribution is -2.20. The Morgan fingerprint density at radius 2 is 2.19 bits per heavy atom. The first-order valence-electron chi connectivity index (χ1n) is 7.33. The van der Waals surface area contributed by atoms with Crippen molar-refractivity contribution in [2.24, 2.45) is 4.99 Å². The minimum Gasteiger partial charge on any atom is -0.257 e. The molecule has 21 heavy (non-hydrogen) atoms. The average Bonchev–Trinajstić information content (AvgIpc) is 2.95. The predicted molar refractivity (Wildman–Crippen MR) is 87.6 cm³/mol. The van der Waals surface area contributed by atoms with Crippen LogP contribution in [-0.2, 0) is 0 Å². The van der Waals surface area contributed by atoms with E-state index in [1.165, 1.54) is 34.4 Å². The second-order valence-electron chi connectivity index (χ2n) is 5.63. The van der Waals surface area contributed by atoms with Gasteiger partial charge in [-0.05, 0) is 49.0 Å². The highest BCUT2D eigenvalue weighted by Gasteiger charge is 2.34. The zero-order valence-electron chi connectivity index (χ0n) is 11.5. The van der Waals surface area contributed by atoms with Gasteiger partial charge in [0.25, 0.3) is 0 Å². The van der Waals surface area contributed by atoms with Crippen molar-refractivity contribution in [3.63, 3.8) is 0 Å². The van der Waals surface area contributed by atoms with Crippen LogP contribution in [0.3, 0.4) is 0 Å². The van der Waals surface area contributed by atoms with Crippen LogP contribution in [-0.4, -0.2) is 11.5 Å². The molecule has 1 atom stereocenters. The number of hydrogen-bond acceptors (Lipinski definition) is 2. The van der Waals surface area contributed by atoms with E-state index >= 15 is 0 Å². The van der Waals surface area contributed by atoms with Gasteiger partial charge in [-0.25, -0.2) is 4.39 Å². The molecule has 1 nitrogen and oxygen atoms in total. The number of rotatable bonds is 1. The van der Waals surface area contributed by atoms with E-state index in [0.717, 1.165) is 30.6 Å². The Bertz CT molecular complexity index is 705. The minimum atomic E-state index is -0.351. The van der Waals surface area contributed by atoms with Crippen LogP contribution in [0.1, 0.15) is 37.2 Å². The molecule has 108 valence electrons. The Hall–Kier alpha value is -1.06. The molecule has 0 radical (unpaired) electrons. The van der Waals surface area contributed by atoms with Crippen molar-refractivity contribution >= 4 is 29.1 Å². The highest BCUT2D eigenvalue weighted by atomic mass is 35.5. The fourth-order valence-corrected chi connectivity index (χ4v) is 4.79. The molecule has 0 bridgehead atoms. The summed E-state index contributed by atoms with van der Waals surface area (Å²) in [5, 5.41) is 0.207. The number of halogens is 2. The quantitative estimate of drug-likeness (QED) is 0.668. The Morgan fingerprint density at radius 3 is 3.05 bits per heavy atom. The van der Waals surface area contributed by atoms with Gasteiger partial charge in [-0.1, -0.05) is 23.7 Å². The molecule has 2 aliphatic heterocycles. The highest BCUT2D eigenvalue weighted by Crippen LogP contribution is 2.50. The predicted octanol–water partition coefficient (Wildman–Crippen LogP) is 5.48. The number of benzene rings is 1. The smallest absolute Gasteiger partial charge is 0.141 e. The molecule has 1 aromatic rings. The van der Waals surface area contributed by atoms with E-state index in [9.17, 15) is 4.39 Å². The summed E-state index contributed by atoms with van der Waals surface area (Å²) in [6.07, 6.45) is 6.69. The summed E-state index contributed by atoms with van der Waals surface area (Å²) in [5.41, 5.74) is 4.87. The van der Waals surface area contributed by atoms with Crippen LogP contribution in [0.5, 0.6) is 0 Å². The standard InChI is InChI=1S/C17H15ClFNS/c18-12-9-10(5-6-13(12)19)16-11-3-1-2-4-14(11)20-15-7-8-21-17(15)16/h3,5-6,9,16H,1-2,4,7-8H2. The van der Waals surface area contributed by atoms with Gasteiger partial charge in [-0.3, -0.25) is 4.99 Å². The van der Waals surface area contributed by atoms with Gasteiger partial charge in [0.2, 0.25) is 0 Å². The molecule has 1 aliphatic carbocycles. The normalized spacial score (nSPS) is 24.4. The van der Waals surface area contributed by atoms with Crippen LogP contribution in [0.4, 0.5) is 4.39 Å². The number of thioether (sulfide) groups is 1. The molecule has 0 saturated carbocycles. The summed E-state index contributed by atoms with van der Waals surface area (Å²) in [5.74, 6) is 0.953. The number of allylic oxidation sites excluding steroid dienone is 4. The highest BCUT2D eigenvalue weighted by molar-refractivity contribution is 8.03. The molecule has 3 aliphatic rings. The molecule has 0 spiro atoms.